The van der Waals surface area contributed by atoms with E-state index in [9.17, 15) is 14.4 Å². The van der Waals surface area contributed by atoms with Crippen molar-refractivity contribution in [1.29, 1.82) is 0 Å². The van der Waals surface area contributed by atoms with E-state index in [-0.39, 0.29) is 26.4 Å². The first-order valence-corrected chi connectivity index (χ1v) is 5.65. The van der Waals surface area contributed by atoms with Crippen LogP contribution in [0, 0.1) is 0 Å². The number of nitrogens with zero attached hydrogens (tertiary/aromatic N) is 1. The maximum atomic E-state index is 9.86. The van der Waals surface area contributed by atoms with Crippen molar-refractivity contribution >= 4 is 24.7 Å². The van der Waals surface area contributed by atoms with E-state index in [1.165, 1.54) is 0 Å². The van der Waals surface area contributed by atoms with E-state index in [0.717, 1.165) is 4.90 Å². The number of carbonyl (C=O) groups excluding carboxylic acids is 1. The van der Waals surface area contributed by atoms with E-state index in [1.807, 2.05) is 6.79 Å². The molecule has 0 saturated carbocycles. The van der Waals surface area contributed by atoms with Crippen LogP contribution >= 0.6 is 0 Å². The second kappa shape index (κ2) is 24.8. The van der Waals surface area contributed by atoms with E-state index in [4.69, 9.17) is 35.4 Å². The average molecular weight is 345 g/mol. The Morgan fingerprint density at radius 2 is 1.30 bits per heavy atom. The molecule has 0 heterocycles. The van der Waals surface area contributed by atoms with Crippen molar-refractivity contribution in [2.75, 3.05) is 39.8 Å². The molecule has 0 bridgehead atoms. The van der Waals surface area contributed by atoms with Gasteiger partial charge in [0, 0.05) is 0 Å². The summed E-state index contributed by atoms with van der Waals surface area (Å²) in [7, 11) is 0. The molecule has 0 saturated heterocycles. The van der Waals surface area contributed by atoms with Crippen LogP contribution in [0.5, 0.6) is 0 Å². The Balaban J connectivity index is -0.000000116. The first-order chi connectivity index (χ1) is 10.7. The van der Waals surface area contributed by atoms with Crippen molar-refractivity contribution in [2.24, 2.45) is 5.73 Å². The minimum Gasteiger partial charge on any atom is -0.480 e. The van der Waals surface area contributed by atoms with Gasteiger partial charge in [0.2, 0.25) is 0 Å². The van der Waals surface area contributed by atoms with Gasteiger partial charge in [0.25, 0.3) is 0 Å². The van der Waals surface area contributed by atoms with Crippen LogP contribution in [0.4, 0.5) is 0 Å². The molecule has 0 unspecified atom stereocenters. The first kappa shape index (κ1) is 28.9. The third-order valence-electron chi connectivity index (χ3n) is 1.32. The van der Waals surface area contributed by atoms with Crippen molar-refractivity contribution in [3.8, 4) is 0 Å². The molecule has 0 aliphatic heterocycles. The SMILES string of the molecule is C=O.NCC(=O)O.O=C(O)CN(CO)CO.O=C(O)CNCO. The summed E-state index contributed by atoms with van der Waals surface area (Å²) >= 11 is 0. The predicted molar refractivity (Wildman–Crippen MR) is 75.0 cm³/mol. The maximum absolute atomic E-state index is 9.86. The fourth-order valence-corrected chi connectivity index (χ4v) is 0.499. The second-order valence-electron chi connectivity index (χ2n) is 3.08. The standard InChI is InChI=1S/C4H9NO4.C3H7NO3.C2H5NO2.CH2O/c6-2-5(3-7)1-4(8)9;5-2-4-1-3(6)7;3-1-2(4)5;1-2/h6-7H,1-3H2,(H,8,9);4-5H,1-2H2,(H,6,7);1,3H2,(H,4,5);1H2. The van der Waals surface area contributed by atoms with Crippen molar-refractivity contribution in [3.05, 3.63) is 0 Å². The Labute approximate surface area is 131 Å². The molecular weight excluding hydrogens is 322 g/mol. The van der Waals surface area contributed by atoms with Crippen molar-refractivity contribution in [1.82, 2.24) is 10.2 Å². The Morgan fingerprint density at radius 3 is 1.39 bits per heavy atom. The number of aliphatic hydroxyl groups is 3. The molecule has 0 amide bonds. The number of carboxylic acids is 3. The minimum absolute atomic E-state index is 0.184. The zero-order chi connectivity index (χ0) is 19.3. The van der Waals surface area contributed by atoms with Crippen molar-refractivity contribution < 1.29 is 49.8 Å². The number of aliphatic hydroxyl groups excluding tert-OH is 3. The summed E-state index contributed by atoms with van der Waals surface area (Å²) in [6, 6.07) is 0. The Kier molecular flexibility index (Phi) is 31.2. The van der Waals surface area contributed by atoms with Crippen LogP contribution in [0.15, 0.2) is 0 Å². The Morgan fingerprint density at radius 1 is 0.913 bits per heavy atom. The smallest absolute Gasteiger partial charge is 0.317 e. The quantitative estimate of drug-likeness (QED) is 0.195. The van der Waals surface area contributed by atoms with Gasteiger partial charge in [0.15, 0.2) is 0 Å². The molecule has 0 aliphatic rings. The highest BCUT2D eigenvalue weighted by Crippen LogP contribution is 1.80. The van der Waals surface area contributed by atoms with Gasteiger partial charge in [-0.25, -0.2) is 4.90 Å². The monoisotopic (exact) mass is 345 g/mol. The molecule has 9 N–H and O–H groups in total. The summed E-state index contributed by atoms with van der Waals surface area (Å²) in [6.45, 7) is 0.0292. The highest BCUT2D eigenvalue weighted by Gasteiger charge is 2.04. The third kappa shape index (κ3) is 45.0. The van der Waals surface area contributed by atoms with Gasteiger partial charge in [-0.1, -0.05) is 0 Å². The van der Waals surface area contributed by atoms with Crippen LogP contribution in [0.3, 0.4) is 0 Å². The summed E-state index contributed by atoms with van der Waals surface area (Å²) in [6.07, 6.45) is 0. The number of carboxylic acid groups (broad SMARTS) is 3. The highest BCUT2D eigenvalue weighted by molar-refractivity contribution is 5.69. The van der Waals surface area contributed by atoms with E-state index in [0.29, 0.717) is 0 Å². The molecule has 0 aliphatic carbocycles. The molecule has 0 atom stereocenters. The van der Waals surface area contributed by atoms with E-state index in [2.05, 4.69) is 11.1 Å². The van der Waals surface area contributed by atoms with Gasteiger partial charge in [0.05, 0.1) is 33.3 Å². The summed E-state index contributed by atoms with van der Waals surface area (Å²) < 4.78 is 0. The van der Waals surface area contributed by atoms with Crippen LogP contribution < -0.4 is 11.1 Å². The lowest BCUT2D eigenvalue weighted by Crippen LogP contribution is -2.31. The van der Waals surface area contributed by atoms with E-state index in [1.54, 1.807) is 0 Å². The normalized spacial score (nSPS) is 8.39. The first-order valence-electron chi connectivity index (χ1n) is 5.65. The molecule has 0 rings (SSSR count). The molecule has 23 heavy (non-hydrogen) atoms. The Hall–Kier alpha value is -2.16. The molecular formula is C10H23N3O10. The lowest BCUT2D eigenvalue weighted by molar-refractivity contribution is -0.141. The molecule has 0 radical (unpaired) electrons. The zero-order valence-corrected chi connectivity index (χ0v) is 12.3. The fraction of sp³-hybridized carbons (Fsp3) is 0.600. The van der Waals surface area contributed by atoms with Crippen LogP contribution in [0.25, 0.3) is 0 Å². The summed E-state index contributed by atoms with van der Waals surface area (Å²) in [5.41, 5.74) is 4.57. The van der Waals surface area contributed by atoms with Gasteiger partial charge >= 0.3 is 17.9 Å². The number of nitrogens with one attached hydrogen (secondary N) is 1. The molecule has 138 valence electrons. The molecule has 0 spiro atoms. The lowest BCUT2D eigenvalue weighted by atomic mass is 10.6. The van der Waals surface area contributed by atoms with E-state index >= 15 is 0 Å². The third-order valence-corrected chi connectivity index (χ3v) is 1.32. The van der Waals surface area contributed by atoms with E-state index < -0.39 is 31.4 Å². The molecule has 0 aromatic rings. The summed E-state index contributed by atoms with van der Waals surface area (Å²) in [5.74, 6) is -3.00. The lowest BCUT2D eigenvalue weighted by Gasteiger charge is -2.11. The molecule has 0 aromatic heterocycles. The molecule has 0 fully saturated rings. The minimum atomic E-state index is -1.07. The molecule has 13 nitrogen and oxygen atoms in total. The maximum Gasteiger partial charge on any atom is 0.317 e. The molecule has 13 heteroatoms. The van der Waals surface area contributed by atoms with Crippen molar-refractivity contribution in [2.45, 2.75) is 0 Å². The number of carbonyl (C=O) groups is 4. The molecule has 0 aromatic carbocycles. The Bertz CT molecular complexity index is 299. The van der Waals surface area contributed by atoms with Gasteiger partial charge < -0.3 is 41.2 Å². The van der Waals surface area contributed by atoms with Crippen LogP contribution in [-0.2, 0) is 19.2 Å². The van der Waals surface area contributed by atoms with Gasteiger partial charge in [0.1, 0.15) is 13.3 Å². The van der Waals surface area contributed by atoms with Crippen LogP contribution in [0.1, 0.15) is 0 Å². The van der Waals surface area contributed by atoms with Gasteiger partial charge in [-0.05, 0) is 0 Å². The number of hydrogen-bond donors (Lipinski definition) is 8. The van der Waals surface area contributed by atoms with Crippen LogP contribution in [-0.4, -0.2) is 100 Å². The number of hydrogen-bond acceptors (Lipinski definition) is 10. The van der Waals surface area contributed by atoms with Gasteiger partial charge in [-0.15, -0.1) is 0 Å². The fourth-order valence-electron chi connectivity index (χ4n) is 0.499. The highest BCUT2D eigenvalue weighted by atomic mass is 16.4. The van der Waals surface area contributed by atoms with Crippen LogP contribution in [0.2, 0.25) is 0 Å². The second-order valence-corrected chi connectivity index (χ2v) is 3.08. The average Bonchev–Trinajstić information content (AvgIpc) is 2.53. The predicted octanol–water partition coefficient (Wildman–Crippen LogP) is -4.27. The zero-order valence-electron chi connectivity index (χ0n) is 12.3. The van der Waals surface area contributed by atoms with Gasteiger partial charge in [-0.2, -0.15) is 0 Å². The largest absolute Gasteiger partial charge is 0.480 e. The summed E-state index contributed by atoms with van der Waals surface area (Å²) in [4.78, 5) is 37.7. The number of nitrogens with two attached hydrogens (primary N) is 1. The number of rotatable bonds is 8. The number of aliphatic carboxylic acids is 3. The topological polar surface area (TPSA) is 231 Å². The van der Waals surface area contributed by atoms with Gasteiger partial charge in [-0.3, -0.25) is 19.7 Å². The summed E-state index contributed by atoms with van der Waals surface area (Å²) in [5, 5.41) is 50.2. The van der Waals surface area contributed by atoms with Crippen molar-refractivity contribution in [3.63, 3.8) is 0 Å².